The van der Waals surface area contributed by atoms with Crippen LogP contribution >= 0.6 is 0 Å². The van der Waals surface area contributed by atoms with Crippen molar-refractivity contribution in [2.75, 3.05) is 0 Å². The van der Waals surface area contributed by atoms with Gasteiger partial charge < -0.3 is 4.74 Å². The largest absolute Gasteiger partial charge is 0.426 e. The molecule has 0 aromatic heterocycles. The van der Waals surface area contributed by atoms with Crippen LogP contribution in [-0.2, 0) is 11.2 Å². The summed E-state index contributed by atoms with van der Waals surface area (Å²) in [5, 5.41) is 2.16. The van der Waals surface area contributed by atoms with Gasteiger partial charge in [0.15, 0.2) is 5.78 Å². The highest BCUT2D eigenvalue weighted by Crippen LogP contribution is 2.20. The molecule has 120 valence electrons. The molecule has 0 heterocycles. The summed E-state index contributed by atoms with van der Waals surface area (Å²) in [5.74, 6) is 0.206. The summed E-state index contributed by atoms with van der Waals surface area (Å²) >= 11 is 0. The fourth-order valence-corrected chi connectivity index (χ4v) is 2.68. The Morgan fingerprint density at radius 1 is 0.875 bits per heavy atom. The SMILES string of the molecule is CCC(=O)c1ccc(OC(=O)Cc2cccc3ccccc23)cc1. The monoisotopic (exact) mass is 318 g/mol. The van der Waals surface area contributed by atoms with Gasteiger partial charge in [-0.1, -0.05) is 49.4 Å². The number of esters is 1. The number of fused-ring (bicyclic) bond motifs is 1. The number of ketones is 1. The average molecular weight is 318 g/mol. The molecule has 0 radical (unpaired) electrons. The molecule has 0 amide bonds. The van der Waals surface area contributed by atoms with Gasteiger partial charge in [-0.25, -0.2) is 0 Å². The Hall–Kier alpha value is -2.94. The van der Waals surface area contributed by atoms with Crippen LogP contribution in [-0.4, -0.2) is 11.8 Å². The van der Waals surface area contributed by atoms with Crippen LogP contribution in [0.15, 0.2) is 66.7 Å². The van der Waals surface area contributed by atoms with Crippen molar-refractivity contribution < 1.29 is 14.3 Å². The first-order chi connectivity index (χ1) is 11.7. The van der Waals surface area contributed by atoms with E-state index in [-0.39, 0.29) is 18.2 Å². The van der Waals surface area contributed by atoms with E-state index in [0.717, 1.165) is 16.3 Å². The van der Waals surface area contributed by atoms with E-state index in [1.165, 1.54) is 0 Å². The molecule has 3 nitrogen and oxygen atoms in total. The normalized spacial score (nSPS) is 10.5. The van der Waals surface area contributed by atoms with Crippen molar-refractivity contribution in [1.82, 2.24) is 0 Å². The van der Waals surface area contributed by atoms with Gasteiger partial charge in [0.2, 0.25) is 0 Å². The summed E-state index contributed by atoms with van der Waals surface area (Å²) in [6.45, 7) is 1.82. The molecule has 24 heavy (non-hydrogen) atoms. The number of carbonyl (C=O) groups excluding carboxylic acids is 2. The molecule has 0 atom stereocenters. The number of rotatable bonds is 5. The van der Waals surface area contributed by atoms with Crippen molar-refractivity contribution in [3.63, 3.8) is 0 Å². The highest BCUT2D eigenvalue weighted by atomic mass is 16.5. The summed E-state index contributed by atoms with van der Waals surface area (Å²) in [4.78, 5) is 23.8. The van der Waals surface area contributed by atoms with Crippen molar-refractivity contribution in [2.45, 2.75) is 19.8 Å². The van der Waals surface area contributed by atoms with Crippen LogP contribution in [0.2, 0.25) is 0 Å². The molecule has 0 saturated carbocycles. The molecule has 0 bridgehead atoms. The maximum atomic E-state index is 12.2. The average Bonchev–Trinajstić information content (AvgIpc) is 2.62. The molecule has 0 unspecified atom stereocenters. The Bertz CT molecular complexity index is 874. The molecule has 0 aliphatic rings. The zero-order valence-electron chi connectivity index (χ0n) is 13.5. The summed E-state index contributed by atoms with van der Waals surface area (Å²) in [7, 11) is 0. The molecule has 0 spiro atoms. The van der Waals surface area contributed by atoms with Gasteiger partial charge in [-0.3, -0.25) is 9.59 Å². The molecule has 0 aliphatic heterocycles. The molecule has 0 aliphatic carbocycles. The molecule has 3 rings (SSSR count). The summed E-state index contributed by atoms with van der Waals surface area (Å²) in [5.41, 5.74) is 1.57. The van der Waals surface area contributed by atoms with Crippen LogP contribution in [0, 0.1) is 0 Å². The van der Waals surface area contributed by atoms with E-state index >= 15 is 0 Å². The first-order valence-corrected chi connectivity index (χ1v) is 7.98. The quantitative estimate of drug-likeness (QED) is 0.393. The lowest BCUT2D eigenvalue weighted by atomic mass is 10.0. The molecule has 0 saturated heterocycles. The minimum Gasteiger partial charge on any atom is -0.426 e. The van der Waals surface area contributed by atoms with E-state index in [9.17, 15) is 9.59 Å². The third kappa shape index (κ3) is 3.51. The third-order valence-corrected chi connectivity index (χ3v) is 3.94. The van der Waals surface area contributed by atoms with Crippen molar-refractivity contribution >= 4 is 22.5 Å². The first-order valence-electron chi connectivity index (χ1n) is 7.98. The molecule has 0 fully saturated rings. The van der Waals surface area contributed by atoms with Crippen LogP contribution in [0.3, 0.4) is 0 Å². The highest BCUT2D eigenvalue weighted by Gasteiger charge is 2.10. The van der Waals surface area contributed by atoms with Crippen LogP contribution in [0.1, 0.15) is 29.3 Å². The number of benzene rings is 3. The van der Waals surface area contributed by atoms with Crippen molar-refractivity contribution in [3.05, 3.63) is 77.9 Å². The molecule has 3 aromatic carbocycles. The predicted octanol–water partition coefficient (Wildman–Crippen LogP) is 4.58. The van der Waals surface area contributed by atoms with Crippen LogP contribution in [0.4, 0.5) is 0 Å². The van der Waals surface area contributed by atoms with Gasteiger partial charge in [-0.15, -0.1) is 0 Å². The van der Waals surface area contributed by atoms with Gasteiger partial charge in [-0.2, -0.15) is 0 Å². The first kappa shape index (κ1) is 15.9. The molecular weight excluding hydrogens is 300 g/mol. The number of carbonyl (C=O) groups is 2. The zero-order chi connectivity index (χ0) is 16.9. The number of hydrogen-bond donors (Lipinski definition) is 0. The van der Waals surface area contributed by atoms with Gasteiger partial charge in [-0.05, 0) is 40.6 Å². The van der Waals surface area contributed by atoms with Crippen molar-refractivity contribution in [1.29, 1.82) is 0 Å². The van der Waals surface area contributed by atoms with Gasteiger partial charge in [0.1, 0.15) is 5.75 Å². The Labute approximate surface area is 140 Å². The maximum Gasteiger partial charge on any atom is 0.315 e. The number of hydrogen-bond acceptors (Lipinski definition) is 3. The maximum absolute atomic E-state index is 12.2. The van der Waals surface area contributed by atoms with Crippen molar-refractivity contribution in [2.24, 2.45) is 0 Å². The van der Waals surface area contributed by atoms with Crippen LogP contribution < -0.4 is 4.74 Å². The second-order valence-corrected chi connectivity index (χ2v) is 5.59. The van der Waals surface area contributed by atoms with E-state index in [1.54, 1.807) is 24.3 Å². The van der Waals surface area contributed by atoms with E-state index in [2.05, 4.69) is 0 Å². The lowest BCUT2D eigenvalue weighted by Crippen LogP contribution is -2.11. The van der Waals surface area contributed by atoms with Gasteiger partial charge in [0, 0.05) is 12.0 Å². The van der Waals surface area contributed by atoms with E-state index in [1.807, 2.05) is 49.4 Å². The summed E-state index contributed by atoms with van der Waals surface area (Å²) in [6.07, 6.45) is 0.664. The second-order valence-electron chi connectivity index (χ2n) is 5.59. The van der Waals surface area contributed by atoms with Gasteiger partial charge in [0.05, 0.1) is 6.42 Å². The fraction of sp³-hybridized carbons (Fsp3) is 0.143. The molecule has 0 N–H and O–H groups in total. The van der Waals surface area contributed by atoms with E-state index < -0.39 is 0 Å². The Morgan fingerprint density at radius 3 is 2.33 bits per heavy atom. The van der Waals surface area contributed by atoms with E-state index in [4.69, 9.17) is 4.74 Å². The minimum absolute atomic E-state index is 0.0728. The van der Waals surface area contributed by atoms with Gasteiger partial charge >= 0.3 is 5.97 Å². The van der Waals surface area contributed by atoms with E-state index in [0.29, 0.717) is 17.7 Å². The zero-order valence-corrected chi connectivity index (χ0v) is 13.5. The third-order valence-electron chi connectivity index (χ3n) is 3.94. The second kappa shape index (κ2) is 7.09. The molecular formula is C21H18O3. The smallest absolute Gasteiger partial charge is 0.315 e. The lowest BCUT2D eigenvalue weighted by molar-refractivity contribution is -0.133. The summed E-state index contributed by atoms with van der Waals surface area (Å²) in [6, 6.07) is 20.5. The predicted molar refractivity (Wildman–Crippen MR) is 94.4 cm³/mol. The molecule has 3 heteroatoms. The van der Waals surface area contributed by atoms with Crippen molar-refractivity contribution in [3.8, 4) is 5.75 Å². The van der Waals surface area contributed by atoms with Gasteiger partial charge in [0.25, 0.3) is 0 Å². The minimum atomic E-state index is -0.319. The van der Waals surface area contributed by atoms with Crippen LogP contribution in [0.5, 0.6) is 5.75 Å². The fourth-order valence-electron chi connectivity index (χ4n) is 2.68. The topological polar surface area (TPSA) is 43.4 Å². The number of Topliss-reactive ketones (excluding diaryl/α,β-unsaturated/α-hetero) is 1. The number of ether oxygens (including phenoxy) is 1. The summed E-state index contributed by atoms with van der Waals surface area (Å²) < 4.78 is 5.39. The molecule has 3 aromatic rings. The van der Waals surface area contributed by atoms with Crippen LogP contribution in [0.25, 0.3) is 10.8 Å². The lowest BCUT2D eigenvalue weighted by Gasteiger charge is -2.08. The Morgan fingerprint density at radius 2 is 1.58 bits per heavy atom. The highest BCUT2D eigenvalue weighted by molar-refractivity contribution is 5.96. The Balaban J connectivity index is 1.72. The standard InChI is InChI=1S/C21H18O3/c1-2-20(22)16-10-12-18(13-11-16)24-21(23)14-17-8-5-7-15-6-3-4-9-19(15)17/h3-13H,2,14H2,1H3. The Kier molecular flexibility index (Phi) is 4.71.